The van der Waals surface area contributed by atoms with E-state index in [1.807, 2.05) is 0 Å². The van der Waals surface area contributed by atoms with E-state index in [0.29, 0.717) is 0 Å². The number of hydrogen-bond donors (Lipinski definition) is 0. The van der Waals surface area contributed by atoms with Crippen molar-refractivity contribution >= 4 is 26.1 Å². The minimum absolute atomic E-state index is 0.254. The molecule has 0 heterocycles. The molecule has 0 N–H and O–H groups in total. The van der Waals surface area contributed by atoms with Crippen molar-refractivity contribution in [1.82, 2.24) is 0 Å². The van der Waals surface area contributed by atoms with Crippen molar-refractivity contribution in [2.75, 3.05) is 0 Å². The number of benzene rings is 1. The Bertz CT molecular complexity index is 351. The van der Waals surface area contributed by atoms with Gasteiger partial charge in [0.15, 0.2) is 0 Å². The monoisotopic (exact) mass is 309 g/mol. The SMILES string of the molecule is CC(C)(C)c1cc[c]([Sn])c(C(C)(C)C)c1. The predicted molar refractivity (Wildman–Crippen MR) is 69.2 cm³/mol. The van der Waals surface area contributed by atoms with Crippen molar-refractivity contribution in [3.63, 3.8) is 0 Å². The molecule has 0 aliphatic rings. The fraction of sp³-hybridized carbons (Fsp3) is 0.571. The van der Waals surface area contributed by atoms with Gasteiger partial charge in [0.25, 0.3) is 0 Å². The van der Waals surface area contributed by atoms with E-state index < -0.39 is 0 Å². The van der Waals surface area contributed by atoms with Gasteiger partial charge in [0, 0.05) is 0 Å². The zero-order valence-corrected chi connectivity index (χ0v) is 13.6. The van der Waals surface area contributed by atoms with Crippen molar-refractivity contribution in [2.45, 2.75) is 52.4 Å². The number of rotatable bonds is 0. The summed E-state index contributed by atoms with van der Waals surface area (Å²) < 4.78 is 1.49. The Morgan fingerprint density at radius 2 is 1.40 bits per heavy atom. The molecular weight excluding hydrogens is 287 g/mol. The summed E-state index contributed by atoms with van der Waals surface area (Å²) in [5.41, 5.74) is 3.47. The van der Waals surface area contributed by atoms with E-state index in [9.17, 15) is 0 Å². The first-order valence-electron chi connectivity index (χ1n) is 5.49. The Morgan fingerprint density at radius 1 is 0.867 bits per heavy atom. The Hall–Kier alpha value is 0.0187. The fourth-order valence-corrected chi connectivity index (χ4v) is 3.15. The van der Waals surface area contributed by atoms with Crippen molar-refractivity contribution in [2.24, 2.45) is 0 Å². The summed E-state index contributed by atoms with van der Waals surface area (Å²) in [5, 5.41) is 0. The molecule has 3 radical (unpaired) electrons. The van der Waals surface area contributed by atoms with E-state index in [0.717, 1.165) is 0 Å². The minimum atomic E-state index is 0.254. The van der Waals surface area contributed by atoms with Gasteiger partial charge in [-0.25, -0.2) is 0 Å². The summed E-state index contributed by atoms with van der Waals surface area (Å²) in [6, 6.07) is 6.96. The zero-order valence-electron chi connectivity index (χ0n) is 10.7. The van der Waals surface area contributed by atoms with Crippen LogP contribution in [0.4, 0.5) is 0 Å². The standard InChI is InChI=1S/C14H21.Sn/c1-13(2,3)11-8-7-9-12(10-11)14(4,5)6;/h7-8,10H,1-6H3;. The van der Waals surface area contributed by atoms with Crippen LogP contribution in [-0.4, -0.2) is 22.5 Å². The van der Waals surface area contributed by atoms with Crippen LogP contribution < -0.4 is 3.58 Å². The van der Waals surface area contributed by atoms with Gasteiger partial charge in [-0.05, 0) is 0 Å². The van der Waals surface area contributed by atoms with Crippen LogP contribution in [0.3, 0.4) is 0 Å². The first-order chi connectivity index (χ1) is 6.62. The molecule has 0 spiro atoms. The maximum atomic E-state index is 2.39. The summed E-state index contributed by atoms with van der Waals surface area (Å²) in [6.07, 6.45) is 0. The molecule has 0 saturated heterocycles. The molecule has 0 bridgehead atoms. The van der Waals surface area contributed by atoms with E-state index in [-0.39, 0.29) is 10.8 Å². The van der Waals surface area contributed by atoms with E-state index in [2.05, 4.69) is 59.7 Å². The first-order valence-corrected chi connectivity index (χ1v) is 6.92. The van der Waals surface area contributed by atoms with Crippen LogP contribution >= 0.6 is 0 Å². The molecule has 0 atom stereocenters. The molecule has 81 valence electrons. The Labute approximate surface area is 108 Å². The second-order valence-corrected chi connectivity index (χ2v) is 7.80. The molecule has 0 nitrogen and oxygen atoms in total. The average Bonchev–Trinajstić information content (AvgIpc) is 2.00. The number of hydrogen-bond acceptors (Lipinski definition) is 0. The molecule has 0 amide bonds. The van der Waals surface area contributed by atoms with Crippen LogP contribution in [0.1, 0.15) is 52.7 Å². The maximum absolute atomic E-state index is 2.39. The van der Waals surface area contributed by atoms with E-state index in [1.54, 1.807) is 0 Å². The second kappa shape index (κ2) is 4.12. The predicted octanol–water partition coefficient (Wildman–Crippen LogP) is 3.08. The van der Waals surface area contributed by atoms with Gasteiger partial charge in [0.2, 0.25) is 0 Å². The van der Waals surface area contributed by atoms with E-state index in [1.165, 1.54) is 37.2 Å². The van der Waals surface area contributed by atoms with Crippen molar-refractivity contribution in [3.8, 4) is 0 Å². The molecule has 0 fully saturated rings. The Morgan fingerprint density at radius 3 is 1.80 bits per heavy atom. The van der Waals surface area contributed by atoms with Gasteiger partial charge >= 0.3 is 108 Å². The van der Waals surface area contributed by atoms with Gasteiger partial charge < -0.3 is 0 Å². The van der Waals surface area contributed by atoms with Gasteiger partial charge in [-0.15, -0.1) is 0 Å². The molecule has 1 rings (SSSR count). The summed E-state index contributed by atoms with van der Waals surface area (Å²) in [6.45, 7) is 13.7. The Balaban J connectivity index is 3.30. The zero-order chi connectivity index (χ0) is 11.9. The van der Waals surface area contributed by atoms with Gasteiger partial charge in [0.1, 0.15) is 0 Å². The normalized spacial score (nSPS) is 13.0. The topological polar surface area (TPSA) is 0 Å². The van der Waals surface area contributed by atoms with Crippen LogP contribution in [0, 0.1) is 0 Å². The van der Waals surface area contributed by atoms with Gasteiger partial charge in [-0.1, -0.05) is 0 Å². The molecule has 0 aromatic heterocycles. The van der Waals surface area contributed by atoms with Gasteiger partial charge in [-0.3, -0.25) is 0 Å². The molecule has 0 unspecified atom stereocenters. The molecule has 1 aromatic rings. The van der Waals surface area contributed by atoms with E-state index in [4.69, 9.17) is 0 Å². The molecule has 1 aromatic carbocycles. The third-order valence-electron chi connectivity index (χ3n) is 2.69. The van der Waals surface area contributed by atoms with Gasteiger partial charge in [0.05, 0.1) is 0 Å². The summed E-state index contributed by atoms with van der Waals surface area (Å²) in [7, 11) is 0. The van der Waals surface area contributed by atoms with Crippen LogP contribution in [-0.2, 0) is 10.8 Å². The summed E-state index contributed by atoms with van der Waals surface area (Å²) >= 11 is 1.51. The van der Waals surface area contributed by atoms with Crippen LogP contribution in [0.2, 0.25) is 0 Å². The fourth-order valence-electron chi connectivity index (χ4n) is 1.63. The van der Waals surface area contributed by atoms with Crippen molar-refractivity contribution < 1.29 is 0 Å². The van der Waals surface area contributed by atoms with Crippen molar-refractivity contribution in [1.29, 1.82) is 0 Å². The molecule has 0 aliphatic carbocycles. The van der Waals surface area contributed by atoms with Crippen LogP contribution in [0.25, 0.3) is 0 Å². The second-order valence-electron chi connectivity index (χ2n) is 6.26. The van der Waals surface area contributed by atoms with Crippen LogP contribution in [0.5, 0.6) is 0 Å². The summed E-state index contributed by atoms with van der Waals surface area (Å²) in [4.78, 5) is 0. The average molecular weight is 308 g/mol. The molecule has 15 heavy (non-hydrogen) atoms. The van der Waals surface area contributed by atoms with E-state index >= 15 is 0 Å². The van der Waals surface area contributed by atoms with Gasteiger partial charge in [-0.2, -0.15) is 0 Å². The third kappa shape index (κ3) is 3.24. The molecular formula is C14H21Sn. The molecule has 0 aliphatic heterocycles. The van der Waals surface area contributed by atoms with Crippen LogP contribution in [0.15, 0.2) is 18.2 Å². The first kappa shape index (κ1) is 13.1. The Kier molecular flexibility index (Phi) is 3.59. The quantitative estimate of drug-likeness (QED) is 0.646. The third-order valence-corrected chi connectivity index (χ3v) is 3.94. The van der Waals surface area contributed by atoms with Crippen molar-refractivity contribution in [3.05, 3.63) is 29.3 Å². The summed E-state index contributed by atoms with van der Waals surface area (Å²) in [5.74, 6) is 0. The molecule has 1 heteroatoms. The molecule has 0 saturated carbocycles.